The Morgan fingerprint density at radius 3 is 2.63 bits per heavy atom. The van der Waals surface area contributed by atoms with Crippen LogP contribution in [0.5, 0.6) is 5.88 Å². The highest BCUT2D eigenvalue weighted by Gasteiger charge is 2.32. The molecule has 0 spiro atoms. The molecule has 3 aliphatic heterocycles. The number of hydrogen-bond acceptors (Lipinski definition) is 7. The summed E-state index contributed by atoms with van der Waals surface area (Å²) in [5.74, 6) is 0.347. The van der Waals surface area contributed by atoms with Gasteiger partial charge in [-0.2, -0.15) is 5.26 Å². The number of pyridine rings is 1. The Morgan fingerprint density at radius 1 is 1.15 bits per heavy atom. The van der Waals surface area contributed by atoms with E-state index in [9.17, 15) is 10.1 Å². The minimum absolute atomic E-state index is 0.0593. The first-order valence-corrected chi connectivity index (χ1v) is 14.7. The predicted octanol–water partition coefficient (Wildman–Crippen LogP) is 4.63. The third kappa shape index (κ3) is 5.20. The van der Waals surface area contributed by atoms with Crippen molar-refractivity contribution in [3.8, 4) is 11.9 Å². The number of likely N-dealkylation sites (tertiary alicyclic amines) is 1. The number of carbonyl (C=O) groups is 1. The monoisotopic (exact) mass is 570 g/mol. The van der Waals surface area contributed by atoms with Crippen LogP contribution in [0.15, 0.2) is 49.1 Å². The molecule has 3 aliphatic rings. The number of carbonyl (C=O) groups excluding carboxylic acids is 1. The first kappa shape index (κ1) is 27.4. The molecule has 212 valence electrons. The second-order valence-electron chi connectivity index (χ2n) is 11.1. The summed E-state index contributed by atoms with van der Waals surface area (Å²) in [6, 6.07) is 15.0. The Morgan fingerprint density at radius 2 is 1.93 bits per heavy atom. The van der Waals surface area contributed by atoms with Gasteiger partial charge in [-0.15, -0.1) is 0 Å². The minimum Gasteiger partial charge on any atom is -0.475 e. The molecule has 2 fully saturated rings. The van der Waals surface area contributed by atoms with Gasteiger partial charge in [0.1, 0.15) is 18.2 Å². The van der Waals surface area contributed by atoms with E-state index in [4.69, 9.17) is 21.3 Å². The van der Waals surface area contributed by atoms with Gasteiger partial charge in [-0.3, -0.25) is 4.79 Å². The van der Waals surface area contributed by atoms with Gasteiger partial charge < -0.3 is 24.3 Å². The number of aromatic nitrogens is 1. The summed E-state index contributed by atoms with van der Waals surface area (Å²) in [6.07, 6.45) is 4.33. The maximum Gasteiger partial charge on any atom is 0.246 e. The number of benzene rings is 2. The average molecular weight is 571 g/mol. The van der Waals surface area contributed by atoms with Crippen LogP contribution in [0.4, 0.5) is 11.4 Å². The van der Waals surface area contributed by atoms with Crippen LogP contribution in [0.3, 0.4) is 0 Å². The number of likely N-dealkylation sites (N-methyl/N-ethyl adjacent to an activating group) is 1. The number of nitrogens with zero attached hydrogens (tertiary/aromatic N) is 6. The zero-order chi connectivity index (χ0) is 28.5. The highest BCUT2D eigenvalue weighted by Crippen LogP contribution is 2.40. The number of amides is 1. The van der Waals surface area contributed by atoms with Crippen molar-refractivity contribution in [2.24, 2.45) is 0 Å². The molecule has 2 aromatic carbocycles. The molecule has 0 aliphatic carbocycles. The summed E-state index contributed by atoms with van der Waals surface area (Å²) in [4.78, 5) is 25.9. The van der Waals surface area contributed by atoms with Crippen molar-refractivity contribution in [3.63, 3.8) is 0 Å². The van der Waals surface area contributed by atoms with Gasteiger partial charge in [-0.05, 0) is 56.4 Å². The molecule has 41 heavy (non-hydrogen) atoms. The maximum atomic E-state index is 12.2. The number of rotatable bonds is 6. The van der Waals surface area contributed by atoms with Gasteiger partial charge in [0.15, 0.2) is 0 Å². The van der Waals surface area contributed by atoms with E-state index in [0.29, 0.717) is 56.8 Å². The summed E-state index contributed by atoms with van der Waals surface area (Å²) in [5.41, 5.74) is 4.51. The third-order valence-corrected chi connectivity index (χ3v) is 9.06. The van der Waals surface area contributed by atoms with Crippen LogP contribution in [0.25, 0.3) is 10.8 Å². The number of anilines is 2. The van der Waals surface area contributed by atoms with Gasteiger partial charge in [0.2, 0.25) is 11.8 Å². The second kappa shape index (κ2) is 11.6. The quantitative estimate of drug-likeness (QED) is 0.400. The van der Waals surface area contributed by atoms with Crippen LogP contribution in [-0.2, 0) is 17.8 Å². The third-order valence-electron chi connectivity index (χ3n) is 8.74. The first-order valence-electron chi connectivity index (χ1n) is 14.4. The Bertz CT molecular complexity index is 1520. The highest BCUT2D eigenvalue weighted by atomic mass is 35.5. The lowest BCUT2D eigenvalue weighted by Crippen LogP contribution is -2.49. The second-order valence-corrected chi connectivity index (χ2v) is 11.5. The lowest BCUT2D eigenvalue weighted by Gasteiger charge is -2.39. The van der Waals surface area contributed by atoms with Gasteiger partial charge in [-0.25, -0.2) is 4.98 Å². The maximum absolute atomic E-state index is 12.2. The molecule has 8 nitrogen and oxygen atoms in total. The van der Waals surface area contributed by atoms with Gasteiger partial charge in [0, 0.05) is 55.4 Å². The Kier molecular flexibility index (Phi) is 7.74. The van der Waals surface area contributed by atoms with Gasteiger partial charge in [0.25, 0.3) is 0 Å². The van der Waals surface area contributed by atoms with Gasteiger partial charge >= 0.3 is 0 Å². The van der Waals surface area contributed by atoms with Crippen molar-refractivity contribution in [1.82, 2.24) is 14.8 Å². The molecule has 1 unspecified atom stereocenters. The molecule has 2 saturated heterocycles. The summed E-state index contributed by atoms with van der Waals surface area (Å²) in [6.45, 7) is 8.99. The van der Waals surface area contributed by atoms with Gasteiger partial charge in [0.05, 0.1) is 22.9 Å². The van der Waals surface area contributed by atoms with Crippen molar-refractivity contribution in [3.05, 3.63) is 70.9 Å². The molecule has 0 radical (unpaired) electrons. The Hall–Kier alpha value is -3.80. The van der Waals surface area contributed by atoms with Crippen molar-refractivity contribution in [2.75, 3.05) is 62.7 Å². The topological polar surface area (TPSA) is 75.9 Å². The molecule has 9 heteroatoms. The molecule has 1 amide bonds. The molecular weight excluding hydrogens is 536 g/mol. The van der Waals surface area contributed by atoms with E-state index in [-0.39, 0.29) is 5.91 Å². The van der Waals surface area contributed by atoms with Crippen molar-refractivity contribution < 1.29 is 9.53 Å². The predicted molar refractivity (Wildman–Crippen MR) is 163 cm³/mol. The average Bonchev–Trinajstić information content (AvgIpc) is 3.42. The number of halogens is 1. The fraction of sp³-hybridized carbons (Fsp3) is 0.406. The summed E-state index contributed by atoms with van der Waals surface area (Å²) in [5, 5.41) is 13.3. The molecule has 0 saturated carbocycles. The molecule has 1 atom stereocenters. The first-order chi connectivity index (χ1) is 20.0. The largest absolute Gasteiger partial charge is 0.475 e. The zero-order valence-corrected chi connectivity index (χ0v) is 24.2. The SMILES string of the molecule is C=CC(=O)N1CCN(c2c(C#N)c(OCC3CCCN3C)nc3c2CCN(c2cccc4cccc(Cl)c24)C3)CC1. The molecule has 0 N–H and O–H groups in total. The molecular formula is C32H35ClN6O2. The van der Waals surface area contributed by atoms with E-state index in [1.165, 1.54) is 6.08 Å². The summed E-state index contributed by atoms with van der Waals surface area (Å²) < 4.78 is 6.37. The zero-order valence-electron chi connectivity index (χ0n) is 23.5. The normalized spacial score (nSPS) is 19.2. The molecule has 1 aromatic heterocycles. The van der Waals surface area contributed by atoms with Crippen molar-refractivity contribution >= 4 is 39.7 Å². The van der Waals surface area contributed by atoms with Crippen LogP contribution in [0, 0.1) is 11.3 Å². The van der Waals surface area contributed by atoms with Crippen LogP contribution in [0.2, 0.25) is 5.02 Å². The molecule has 3 aromatic rings. The van der Waals surface area contributed by atoms with Crippen molar-refractivity contribution in [1.29, 1.82) is 5.26 Å². The Labute approximate surface area is 246 Å². The van der Waals surface area contributed by atoms with Crippen LogP contribution >= 0.6 is 11.6 Å². The summed E-state index contributed by atoms with van der Waals surface area (Å²) >= 11 is 6.69. The molecule has 0 bridgehead atoms. The number of nitriles is 1. The van der Waals surface area contributed by atoms with E-state index >= 15 is 0 Å². The van der Waals surface area contributed by atoms with Crippen LogP contribution in [0.1, 0.15) is 29.7 Å². The minimum atomic E-state index is -0.0593. The Balaban J connectivity index is 1.38. The molecule has 4 heterocycles. The number of fused-ring (bicyclic) bond motifs is 2. The van der Waals surface area contributed by atoms with Crippen LogP contribution < -0.4 is 14.5 Å². The van der Waals surface area contributed by atoms with Crippen LogP contribution in [-0.4, -0.2) is 79.7 Å². The lowest BCUT2D eigenvalue weighted by atomic mass is 9.97. The smallest absolute Gasteiger partial charge is 0.246 e. The molecule has 6 rings (SSSR count). The van der Waals surface area contributed by atoms with E-state index in [1.807, 2.05) is 17.0 Å². The van der Waals surface area contributed by atoms with E-state index < -0.39 is 0 Å². The highest BCUT2D eigenvalue weighted by molar-refractivity contribution is 6.36. The fourth-order valence-corrected chi connectivity index (χ4v) is 6.76. The van der Waals surface area contributed by atoms with E-state index in [1.54, 1.807) is 0 Å². The van der Waals surface area contributed by atoms with Crippen molar-refractivity contribution in [2.45, 2.75) is 31.8 Å². The fourth-order valence-electron chi connectivity index (χ4n) is 6.48. The van der Waals surface area contributed by atoms with E-state index in [2.05, 4.69) is 58.7 Å². The summed E-state index contributed by atoms with van der Waals surface area (Å²) in [7, 11) is 2.12. The lowest BCUT2D eigenvalue weighted by molar-refractivity contribution is -0.126. The van der Waals surface area contributed by atoms with Gasteiger partial charge in [-0.1, -0.05) is 42.4 Å². The number of hydrogen-bond donors (Lipinski definition) is 0. The number of piperazine rings is 1. The van der Waals surface area contributed by atoms with E-state index in [0.717, 1.165) is 70.8 Å². The standard InChI is InChI=1S/C32H35ClN6O2/c1-3-29(40)37-15-17-38(18-16-37)31-24-12-14-39(28-11-5-8-22-7-4-10-26(33)30(22)28)20-27(24)35-32(25(31)19-34)41-21-23-9-6-13-36(23)2/h3-5,7-8,10-11,23H,1,6,9,12-18,20-21H2,2H3. The number of ether oxygens (including phenoxy) is 1.